The zero-order valence-corrected chi connectivity index (χ0v) is 13.8. The summed E-state index contributed by atoms with van der Waals surface area (Å²) in [5.41, 5.74) is -0.449. The van der Waals surface area contributed by atoms with Crippen molar-refractivity contribution in [3.63, 3.8) is 0 Å². The van der Waals surface area contributed by atoms with Gasteiger partial charge >= 0.3 is 6.09 Å². The standard InChI is InChI=1S/C15H27N5O2/c1-10(13-16-9-17-20-13)18-11-5-7-12(8-6-11)19-14(21)22-15(2,3)4/h9-12,18H,5-8H2,1-4H3,(H,19,21)(H,16,17,20). The minimum atomic E-state index is -0.449. The van der Waals surface area contributed by atoms with Crippen molar-refractivity contribution in [2.75, 3.05) is 0 Å². The Morgan fingerprint density at radius 2 is 1.95 bits per heavy atom. The van der Waals surface area contributed by atoms with Gasteiger partial charge in [0.2, 0.25) is 0 Å². The van der Waals surface area contributed by atoms with Crippen molar-refractivity contribution in [3.05, 3.63) is 12.2 Å². The van der Waals surface area contributed by atoms with E-state index in [4.69, 9.17) is 4.74 Å². The maximum absolute atomic E-state index is 11.8. The molecule has 1 fully saturated rings. The summed E-state index contributed by atoms with van der Waals surface area (Å²) in [6.45, 7) is 7.69. The highest BCUT2D eigenvalue weighted by molar-refractivity contribution is 5.68. The summed E-state index contributed by atoms with van der Waals surface area (Å²) >= 11 is 0. The molecule has 1 atom stereocenters. The first-order chi connectivity index (χ1) is 10.3. The Labute approximate surface area is 131 Å². The van der Waals surface area contributed by atoms with E-state index < -0.39 is 5.60 Å². The Balaban J connectivity index is 1.70. The van der Waals surface area contributed by atoms with Crippen LogP contribution in [0.25, 0.3) is 0 Å². The van der Waals surface area contributed by atoms with Gasteiger partial charge in [-0.1, -0.05) is 0 Å². The third-order valence-electron chi connectivity index (χ3n) is 3.78. The smallest absolute Gasteiger partial charge is 0.407 e. The van der Waals surface area contributed by atoms with E-state index in [-0.39, 0.29) is 18.2 Å². The molecule has 2 rings (SSSR count). The molecule has 0 aliphatic heterocycles. The van der Waals surface area contributed by atoms with Crippen LogP contribution in [0.3, 0.4) is 0 Å². The van der Waals surface area contributed by atoms with Gasteiger partial charge in [-0.2, -0.15) is 5.10 Å². The van der Waals surface area contributed by atoms with Crippen molar-refractivity contribution in [2.24, 2.45) is 0 Å². The number of nitrogens with one attached hydrogen (secondary N) is 3. The minimum Gasteiger partial charge on any atom is -0.444 e. The van der Waals surface area contributed by atoms with Crippen molar-refractivity contribution >= 4 is 6.09 Å². The lowest BCUT2D eigenvalue weighted by atomic mass is 9.91. The number of carbonyl (C=O) groups excluding carboxylic acids is 1. The van der Waals surface area contributed by atoms with Gasteiger partial charge in [0.1, 0.15) is 17.8 Å². The number of alkyl carbamates (subject to hydrolysis) is 1. The summed E-state index contributed by atoms with van der Waals surface area (Å²) in [6, 6.07) is 0.799. The van der Waals surface area contributed by atoms with Gasteiger partial charge in [0.05, 0.1) is 6.04 Å². The second-order valence-electron chi connectivity index (χ2n) is 6.95. The summed E-state index contributed by atoms with van der Waals surface area (Å²) in [5, 5.41) is 13.3. The summed E-state index contributed by atoms with van der Waals surface area (Å²) in [5.74, 6) is 0.856. The van der Waals surface area contributed by atoms with Gasteiger partial charge in [-0.05, 0) is 53.4 Å². The summed E-state index contributed by atoms with van der Waals surface area (Å²) in [4.78, 5) is 15.9. The van der Waals surface area contributed by atoms with Crippen molar-refractivity contribution in [3.8, 4) is 0 Å². The summed E-state index contributed by atoms with van der Waals surface area (Å²) in [7, 11) is 0. The van der Waals surface area contributed by atoms with E-state index in [9.17, 15) is 4.79 Å². The Hall–Kier alpha value is -1.63. The van der Waals surface area contributed by atoms with Gasteiger partial charge in [0.15, 0.2) is 0 Å². The van der Waals surface area contributed by atoms with Crippen LogP contribution in [0, 0.1) is 0 Å². The highest BCUT2D eigenvalue weighted by atomic mass is 16.6. The van der Waals surface area contributed by atoms with E-state index in [2.05, 4.69) is 32.7 Å². The van der Waals surface area contributed by atoms with Gasteiger partial charge < -0.3 is 15.4 Å². The third kappa shape index (κ3) is 5.29. The molecule has 1 amide bonds. The van der Waals surface area contributed by atoms with Crippen molar-refractivity contribution in [2.45, 2.75) is 77.1 Å². The number of rotatable bonds is 4. The monoisotopic (exact) mass is 309 g/mol. The van der Waals surface area contributed by atoms with Crippen LogP contribution in [0.15, 0.2) is 6.33 Å². The second kappa shape index (κ2) is 7.09. The highest BCUT2D eigenvalue weighted by Crippen LogP contribution is 2.21. The van der Waals surface area contributed by atoms with Gasteiger partial charge in [0, 0.05) is 12.1 Å². The molecule has 1 unspecified atom stereocenters. The Morgan fingerprint density at radius 3 is 2.50 bits per heavy atom. The van der Waals surface area contributed by atoms with Gasteiger partial charge in [0.25, 0.3) is 0 Å². The fraction of sp³-hybridized carbons (Fsp3) is 0.800. The first-order valence-electron chi connectivity index (χ1n) is 7.94. The predicted octanol–water partition coefficient (Wildman–Crippen LogP) is 2.29. The molecule has 0 spiro atoms. The molecule has 1 saturated carbocycles. The molecular formula is C15H27N5O2. The van der Waals surface area contributed by atoms with Crippen LogP contribution in [0.4, 0.5) is 4.79 Å². The molecular weight excluding hydrogens is 282 g/mol. The average molecular weight is 309 g/mol. The number of hydrogen-bond acceptors (Lipinski definition) is 5. The molecule has 0 aromatic carbocycles. The maximum Gasteiger partial charge on any atom is 0.407 e. The van der Waals surface area contributed by atoms with Gasteiger partial charge in [-0.15, -0.1) is 0 Å². The van der Waals surface area contributed by atoms with Crippen molar-refractivity contribution in [1.82, 2.24) is 25.8 Å². The van der Waals surface area contributed by atoms with E-state index in [1.54, 1.807) is 0 Å². The van der Waals surface area contributed by atoms with E-state index in [0.29, 0.717) is 6.04 Å². The van der Waals surface area contributed by atoms with Crippen LogP contribution in [0.1, 0.15) is 65.2 Å². The SMILES string of the molecule is CC(NC1CCC(NC(=O)OC(C)(C)C)CC1)c1ncn[nH]1. The van der Waals surface area contributed by atoms with Gasteiger partial charge in [-0.3, -0.25) is 5.10 Å². The zero-order chi connectivity index (χ0) is 16.2. The molecule has 1 aliphatic rings. The zero-order valence-electron chi connectivity index (χ0n) is 13.8. The van der Waals surface area contributed by atoms with E-state index in [0.717, 1.165) is 31.5 Å². The van der Waals surface area contributed by atoms with Crippen LogP contribution < -0.4 is 10.6 Å². The molecule has 7 nitrogen and oxygen atoms in total. The number of hydrogen-bond donors (Lipinski definition) is 3. The first-order valence-corrected chi connectivity index (χ1v) is 7.94. The summed E-state index contributed by atoms with van der Waals surface area (Å²) in [6.07, 6.45) is 5.17. The maximum atomic E-state index is 11.8. The quantitative estimate of drug-likeness (QED) is 0.793. The fourth-order valence-corrected chi connectivity index (χ4v) is 2.73. The Morgan fingerprint density at radius 1 is 1.32 bits per heavy atom. The molecule has 3 N–H and O–H groups in total. The number of aromatic nitrogens is 3. The Bertz CT molecular complexity index is 461. The van der Waals surface area contributed by atoms with E-state index in [1.165, 1.54) is 6.33 Å². The number of nitrogens with zero attached hydrogens (tertiary/aromatic N) is 2. The lowest BCUT2D eigenvalue weighted by Gasteiger charge is -2.31. The van der Waals surface area contributed by atoms with Crippen LogP contribution in [-0.4, -0.2) is 39.0 Å². The Kier molecular flexibility index (Phi) is 5.39. The van der Waals surface area contributed by atoms with E-state index in [1.807, 2.05) is 20.8 Å². The fourth-order valence-electron chi connectivity index (χ4n) is 2.73. The minimum absolute atomic E-state index is 0.155. The number of amides is 1. The highest BCUT2D eigenvalue weighted by Gasteiger charge is 2.25. The molecule has 1 heterocycles. The van der Waals surface area contributed by atoms with Crippen LogP contribution >= 0.6 is 0 Å². The van der Waals surface area contributed by atoms with Crippen LogP contribution in [-0.2, 0) is 4.74 Å². The molecule has 0 radical (unpaired) electrons. The molecule has 1 aliphatic carbocycles. The number of H-pyrrole nitrogens is 1. The summed E-state index contributed by atoms with van der Waals surface area (Å²) < 4.78 is 5.30. The van der Waals surface area contributed by atoms with E-state index >= 15 is 0 Å². The number of carbonyl (C=O) groups is 1. The second-order valence-corrected chi connectivity index (χ2v) is 6.95. The molecule has 1 aromatic heterocycles. The largest absolute Gasteiger partial charge is 0.444 e. The molecule has 0 saturated heterocycles. The lowest BCUT2D eigenvalue weighted by Crippen LogP contribution is -2.44. The van der Waals surface area contributed by atoms with Crippen molar-refractivity contribution < 1.29 is 9.53 Å². The first kappa shape index (κ1) is 16.7. The molecule has 124 valence electrons. The normalized spacial score (nSPS) is 23.8. The molecule has 0 bridgehead atoms. The van der Waals surface area contributed by atoms with Crippen LogP contribution in [0.5, 0.6) is 0 Å². The number of ether oxygens (including phenoxy) is 1. The topological polar surface area (TPSA) is 91.9 Å². The lowest BCUT2D eigenvalue weighted by molar-refractivity contribution is 0.0489. The average Bonchev–Trinajstić information content (AvgIpc) is 2.92. The van der Waals surface area contributed by atoms with Crippen LogP contribution in [0.2, 0.25) is 0 Å². The third-order valence-corrected chi connectivity index (χ3v) is 3.78. The predicted molar refractivity (Wildman–Crippen MR) is 83.3 cm³/mol. The molecule has 7 heteroatoms. The van der Waals surface area contributed by atoms with Crippen molar-refractivity contribution in [1.29, 1.82) is 0 Å². The molecule has 22 heavy (non-hydrogen) atoms. The number of aromatic amines is 1. The molecule has 1 aromatic rings. The van der Waals surface area contributed by atoms with Gasteiger partial charge in [-0.25, -0.2) is 9.78 Å².